The van der Waals surface area contributed by atoms with E-state index in [4.69, 9.17) is 0 Å². The zero-order chi connectivity index (χ0) is 9.68. The van der Waals surface area contributed by atoms with E-state index in [1.807, 2.05) is 0 Å². The van der Waals surface area contributed by atoms with Gasteiger partial charge >= 0.3 is 6.03 Å². The molecular weight excluding hydrogens is 168 g/mol. The Hall–Kier alpha value is -1.84. The largest absolute Gasteiger partial charge is 0.332 e. The van der Waals surface area contributed by atoms with E-state index in [-0.39, 0.29) is 0 Å². The third-order valence-corrected chi connectivity index (χ3v) is 1.39. The number of hydrogen-bond donors (Lipinski definition) is 1. The second-order valence-electron chi connectivity index (χ2n) is 2.38. The molecule has 1 aromatic rings. The number of hydrogen-bond acceptors (Lipinski definition) is 2. The predicted octanol–water partition coefficient (Wildman–Crippen LogP) is 1.15. The van der Waals surface area contributed by atoms with Crippen molar-refractivity contribution in [2.24, 2.45) is 0 Å². The van der Waals surface area contributed by atoms with Crippen molar-refractivity contribution in [3.63, 3.8) is 0 Å². The summed E-state index contributed by atoms with van der Waals surface area (Å²) in [5.74, 6) is -0.416. The Bertz CT molecular complexity index is 325. The van der Waals surface area contributed by atoms with E-state index >= 15 is 0 Å². The second kappa shape index (κ2) is 4.25. The summed E-state index contributed by atoms with van der Waals surface area (Å²) in [7, 11) is 0. The van der Waals surface area contributed by atoms with Crippen LogP contribution in [-0.2, 0) is 4.79 Å². The van der Waals surface area contributed by atoms with E-state index in [9.17, 15) is 9.59 Å². The van der Waals surface area contributed by atoms with E-state index in [2.05, 4.69) is 5.32 Å². The van der Waals surface area contributed by atoms with Crippen molar-refractivity contribution in [2.75, 3.05) is 0 Å². The monoisotopic (exact) mass is 178 g/mol. The molecule has 2 amide bonds. The molecule has 0 saturated heterocycles. The smallest absolute Gasteiger partial charge is 0.276 e. The number of amides is 2. The Morgan fingerprint density at radius 2 is 1.92 bits per heavy atom. The van der Waals surface area contributed by atoms with Gasteiger partial charge in [-0.3, -0.25) is 14.7 Å². The van der Waals surface area contributed by atoms with Gasteiger partial charge < -0.3 is 0 Å². The van der Waals surface area contributed by atoms with Crippen LogP contribution in [0.5, 0.6) is 0 Å². The van der Waals surface area contributed by atoms with Gasteiger partial charge in [-0.2, -0.15) is 0 Å². The van der Waals surface area contributed by atoms with Crippen LogP contribution in [0.15, 0.2) is 36.7 Å². The molecule has 0 bridgehead atoms. The molecule has 4 nitrogen and oxygen atoms in total. The molecule has 13 heavy (non-hydrogen) atoms. The Labute approximate surface area is 75.9 Å². The summed E-state index contributed by atoms with van der Waals surface area (Å²) in [5.41, 5.74) is 0. The zero-order valence-corrected chi connectivity index (χ0v) is 7.23. The minimum atomic E-state index is -0.451. The van der Waals surface area contributed by atoms with Gasteiger partial charge in [0.05, 0.1) is 0 Å². The molecule has 0 radical (unpaired) electrons. The molecule has 4 heteroatoms. The van der Waals surface area contributed by atoms with Gasteiger partial charge in [0.2, 0.25) is 0 Å². The molecule has 1 rings (SSSR count). The average molecular weight is 178 g/mol. The minimum Gasteiger partial charge on any atom is -0.276 e. The molecule has 1 N–H and O–H groups in total. The standard InChI is InChI=1S/C9H10N2O2/c1-2-5-8(12)10-9(13)11-6-3-4-7-11/h2-7H,1H3,(H,10,12,13)/b5-2+. The normalized spacial score (nSPS) is 10.2. The van der Waals surface area contributed by atoms with Crippen molar-refractivity contribution >= 4 is 11.9 Å². The van der Waals surface area contributed by atoms with Crippen LogP contribution >= 0.6 is 0 Å². The lowest BCUT2D eigenvalue weighted by Gasteiger charge is -2.00. The highest BCUT2D eigenvalue weighted by Gasteiger charge is 2.04. The first-order chi connectivity index (χ1) is 6.24. The Morgan fingerprint density at radius 3 is 2.46 bits per heavy atom. The summed E-state index contributed by atoms with van der Waals surface area (Å²) in [4.78, 5) is 22.1. The summed E-state index contributed by atoms with van der Waals surface area (Å²) in [6, 6.07) is 2.97. The van der Waals surface area contributed by atoms with Crippen LogP contribution in [0, 0.1) is 0 Å². The first kappa shape index (κ1) is 9.25. The predicted molar refractivity (Wildman–Crippen MR) is 48.2 cm³/mol. The molecule has 0 saturated carbocycles. The van der Waals surface area contributed by atoms with Gasteiger partial charge in [-0.25, -0.2) is 4.79 Å². The maximum Gasteiger partial charge on any atom is 0.332 e. The number of allylic oxidation sites excluding steroid dienone is 1. The fourth-order valence-electron chi connectivity index (χ4n) is 0.833. The summed E-state index contributed by atoms with van der Waals surface area (Å²) in [6.45, 7) is 1.71. The lowest BCUT2D eigenvalue weighted by Crippen LogP contribution is -2.32. The quantitative estimate of drug-likeness (QED) is 0.656. The van der Waals surface area contributed by atoms with Crippen LogP contribution in [0.1, 0.15) is 6.92 Å². The van der Waals surface area contributed by atoms with Gasteiger partial charge in [0.15, 0.2) is 0 Å². The van der Waals surface area contributed by atoms with Gasteiger partial charge in [0, 0.05) is 12.4 Å². The Kier molecular flexibility index (Phi) is 3.03. The second-order valence-corrected chi connectivity index (χ2v) is 2.38. The molecular formula is C9H10N2O2. The molecule has 1 heterocycles. The number of aromatic nitrogens is 1. The maximum absolute atomic E-state index is 11.2. The molecule has 0 spiro atoms. The van der Waals surface area contributed by atoms with E-state index in [1.165, 1.54) is 10.6 Å². The molecule has 0 unspecified atom stereocenters. The third kappa shape index (κ3) is 2.59. The van der Waals surface area contributed by atoms with E-state index in [0.717, 1.165) is 0 Å². The van der Waals surface area contributed by atoms with Crippen LogP contribution < -0.4 is 5.32 Å². The van der Waals surface area contributed by atoms with Crippen molar-refractivity contribution in [3.8, 4) is 0 Å². The summed E-state index contributed by atoms with van der Waals surface area (Å²) >= 11 is 0. The molecule has 0 fully saturated rings. The van der Waals surface area contributed by atoms with Crippen LogP contribution in [0.4, 0.5) is 4.79 Å². The fourth-order valence-corrected chi connectivity index (χ4v) is 0.833. The molecule has 0 aliphatic carbocycles. The Morgan fingerprint density at radius 1 is 1.31 bits per heavy atom. The highest BCUT2D eigenvalue weighted by atomic mass is 16.2. The van der Waals surface area contributed by atoms with Gasteiger partial charge in [0.1, 0.15) is 0 Å². The average Bonchev–Trinajstić information content (AvgIpc) is 2.55. The van der Waals surface area contributed by atoms with Crippen molar-refractivity contribution in [3.05, 3.63) is 36.7 Å². The third-order valence-electron chi connectivity index (χ3n) is 1.39. The Balaban J connectivity index is 2.57. The van der Waals surface area contributed by atoms with Crippen molar-refractivity contribution < 1.29 is 9.59 Å². The van der Waals surface area contributed by atoms with Crippen molar-refractivity contribution in [2.45, 2.75) is 6.92 Å². The summed E-state index contributed by atoms with van der Waals surface area (Å²) in [6.07, 6.45) is 6.00. The molecule has 0 aliphatic heterocycles. The first-order valence-electron chi connectivity index (χ1n) is 3.85. The van der Waals surface area contributed by atoms with Crippen LogP contribution in [-0.4, -0.2) is 16.5 Å². The van der Waals surface area contributed by atoms with Crippen LogP contribution in [0.3, 0.4) is 0 Å². The lowest BCUT2D eigenvalue weighted by molar-refractivity contribution is -0.115. The van der Waals surface area contributed by atoms with Crippen molar-refractivity contribution in [1.82, 2.24) is 9.88 Å². The highest BCUT2D eigenvalue weighted by molar-refractivity contribution is 6.00. The van der Waals surface area contributed by atoms with Gasteiger partial charge in [-0.15, -0.1) is 0 Å². The van der Waals surface area contributed by atoms with Gasteiger partial charge in [-0.1, -0.05) is 6.08 Å². The molecule has 0 aromatic carbocycles. The minimum absolute atomic E-state index is 0.416. The topological polar surface area (TPSA) is 51.1 Å². The highest BCUT2D eigenvalue weighted by Crippen LogP contribution is 1.88. The number of rotatable bonds is 1. The number of nitrogens with zero attached hydrogens (tertiary/aromatic N) is 1. The zero-order valence-electron chi connectivity index (χ0n) is 7.23. The molecule has 1 aromatic heterocycles. The number of carbonyl (C=O) groups excluding carboxylic acids is 2. The number of nitrogens with one attached hydrogen (secondary N) is 1. The SMILES string of the molecule is C/C=C/C(=O)NC(=O)n1cccc1. The first-order valence-corrected chi connectivity index (χ1v) is 3.85. The fraction of sp³-hybridized carbons (Fsp3) is 0.111. The van der Waals surface area contributed by atoms with Crippen molar-refractivity contribution in [1.29, 1.82) is 0 Å². The van der Waals surface area contributed by atoms with E-state index in [1.54, 1.807) is 37.5 Å². The summed E-state index contributed by atoms with van der Waals surface area (Å²) < 4.78 is 1.29. The molecule has 68 valence electrons. The van der Waals surface area contributed by atoms with Crippen LogP contribution in [0.25, 0.3) is 0 Å². The molecule has 0 aliphatic rings. The van der Waals surface area contributed by atoms with Gasteiger partial charge in [0.25, 0.3) is 5.91 Å². The summed E-state index contributed by atoms with van der Waals surface area (Å²) in [5, 5.41) is 2.18. The maximum atomic E-state index is 11.2. The number of imide groups is 1. The van der Waals surface area contributed by atoms with Gasteiger partial charge in [-0.05, 0) is 25.1 Å². The molecule has 0 atom stereocenters. The van der Waals surface area contributed by atoms with E-state index < -0.39 is 11.9 Å². The van der Waals surface area contributed by atoms with E-state index in [0.29, 0.717) is 0 Å². The number of carbonyl (C=O) groups is 2. The van der Waals surface area contributed by atoms with Crippen LogP contribution in [0.2, 0.25) is 0 Å². The lowest BCUT2D eigenvalue weighted by atomic mass is 10.5.